The number of ether oxygens (including phenoxy) is 1. The number of nitrogens with two attached hydrogens (primary N) is 1. The number of carbonyl (C=O) groups is 1. The van der Waals surface area contributed by atoms with Gasteiger partial charge in [-0.15, -0.1) is 0 Å². The van der Waals surface area contributed by atoms with E-state index in [9.17, 15) is 4.79 Å². The zero-order chi connectivity index (χ0) is 12.3. The highest BCUT2D eigenvalue weighted by atomic mass is 16.5. The lowest BCUT2D eigenvalue weighted by molar-refractivity contribution is -0.120. The van der Waals surface area contributed by atoms with Gasteiger partial charge in [-0.25, -0.2) is 0 Å². The van der Waals surface area contributed by atoms with Crippen LogP contribution in [0.5, 0.6) is 5.75 Å². The summed E-state index contributed by atoms with van der Waals surface area (Å²) in [4.78, 5) is 11.8. The first-order valence-corrected chi connectivity index (χ1v) is 5.88. The van der Waals surface area contributed by atoms with E-state index in [1.54, 1.807) is 0 Å². The number of hydrogen-bond donors (Lipinski definition) is 2. The number of anilines is 1. The van der Waals surface area contributed by atoms with Crippen molar-refractivity contribution in [1.82, 2.24) is 0 Å². The van der Waals surface area contributed by atoms with Crippen molar-refractivity contribution in [1.29, 1.82) is 0 Å². The summed E-state index contributed by atoms with van der Waals surface area (Å²) in [6.07, 6.45) is 1.97. The van der Waals surface area contributed by atoms with Crippen LogP contribution in [-0.2, 0) is 4.79 Å². The van der Waals surface area contributed by atoms with E-state index in [1.807, 2.05) is 31.2 Å². The lowest BCUT2D eigenvalue weighted by Crippen LogP contribution is -2.21. The van der Waals surface area contributed by atoms with Gasteiger partial charge in [0.05, 0.1) is 0 Å². The van der Waals surface area contributed by atoms with E-state index in [-0.39, 0.29) is 11.3 Å². The first-order valence-electron chi connectivity index (χ1n) is 5.88. The molecule has 4 heteroatoms. The molecule has 1 aliphatic carbocycles. The van der Waals surface area contributed by atoms with Crippen LogP contribution in [0.2, 0.25) is 0 Å². The van der Waals surface area contributed by atoms with E-state index in [2.05, 4.69) is 5.32 Å². The van der Waals surface area contributed by atoms with Crippen molar-refractivity contribution in [2.24, 2.45) is 11.1 Å². The third kappa shape index (κ3) is 2.97. The predicted octanol–water partition coefficient (Wildman–Crippen LogP) is 1.76. The van der Waals surface area contributed by atoms with Gasteiger partial charge in [0, 0.05) is 17.6 Å². The van der Waals surface area contributed by atoms with Crippen molar-refractivity contribution in [2.75, 3.05) is 18.5 Å². The van der Waals surface area contributed by atoms with Gasteiger partial charge in [0.1, 0.15) is 12.4 Å². The number of benzene rings is 1. The van der Waals surface area contributed by atoms with E-state index >= 15 is 0 Å². The Morgan fingerprint density at radius 1 is 1.41 bits per heavy atom. The summed E-state index contributed by atoms with van der Waals surface area (Å²) in [5.41, 5.74) is 6.01. The van der Waals surface area contributed by atoms with Crippen LogP contribution in [0, 0.1) is 5.41 Å². The molecule has 3 N–H and O–H groups in total. The molecule has 0 heterocycles. The minimum atomic E-state index is -0.144. The summed E-state index contributed by atoms with van der Waals surface area (Å²) >= 11 is 0. The van der Waals surface area contributed by atoms with Gasteiger partial charge in [0.15, 0.2) is 0 Å². The minimum Gasteiger partial charge on any atom is -0.492 e. The molecule has 0 unspecified atom stereocenters. The number of rotatable bonds is 5. The third-order valence-electron chi connectivity index (χ3n) is 3.05. The molecular formula is C13H18N2O2. The van der Waals surface area contributed by atoms with Crippen LogP contribution >= 0.6 is 0 Å². The van der Waals surface area contributed by atoms with Crippen molar-refractivity contribution in [3.05, 3.63) is 24.3 Å². The highest BCUT2D eigenvalue weighted by Crippen LogP contribution is 2.45. The molecule has 0 aliphatic heterocycles. The summed E-state index contributed by atoms with van der Waals surface area (Å²) < 4.78 is 5.36. The second-order valence-electron chi connectivity index (χ2n) is 4.68. The maximum Gasteiger partial charge on any atom is 0.230 e. The van der Waals surface area contributed by atoms with Crippen LogP contribution in [0.3, 0.4) is 0 Å². The molecule has 1 saturated carbocycles. The standard InChI is InChI=1S/C13H18N2O2/c1-13(6-7-13)12(16)15-10-2-4-11(5-3-10)17-9-8-14/h2-5H,6-9,14H2,1H3,(H,15,16). The highest BCUT2D eigenvalue weighted by Gasteiger charge is 2.44. The zero-order valence-corrected chi connectivity index (χ0v) is 10.0. The van der Waals surface area contributed by atoms with E-state index in [0.29, 0.717) is 13.2 Å². The van der Waals surface area contributed by atoms with E-state index < -0.39 is 0 Å². The minimum absolute atomic E-state index is 0.105. The van der Waals surface area contributed by atoms with Gasteiger partial charge in [-0.2, -0.15) is 0 Å². The van der Waals surface area contributed by atoms with Gasteiger partial charge in [-0.05, 0) is 37.1 Å². The molecule has 1 aromatic carbocycles. The molecule has 0 saturated heterocycles. The molecule has 1 amide bonds. The van der Waals surface area contributed by atoms with Crippen LogP contribution in [-0.4, -0.2) is 19.1 Å². The molecule has 0 radical (unpaired) electrons. The second kappa shape index (κ2) is 4.75. The number of hydrogen-bond acceptors (Lipinski definition) is 3. The van der Waals surface area contributed by atoms with Crippen molar-refractivity contribution in [3.63, 3.8) is 0 Å². The van der Waals surface area contributed by atoms with Gasteiger partial charge in [-0.3, -0.25) is 4.79 Å². The van der Waals surface area contributed by atoms with Gasteiger partial charge >= 0.3 is 0 Å². The molecular weight excluding hydrogens is 216 g/mol. The quantitative estimate of drug-likeness (QED) is 0.816. The first kappa shape index (κ1) is 11.9. The Balaban J connectivity index is 1.91. The van der Waals surface area contributed by atoms with Crippen LogP contribution in [0.25, 0.3) is 0 Å². The molecule has 0 bridgehead atoms. The lowest BCUT2D eigenvalue weighted by atomic mass is 10.1. The highest BCUT2D eigenvalue weighted by molar-refractivity contribution is 5.96. The summed E-state index contributed by atoms with van der Waals surface area (Å²) in [5.74, 6) is 0.874. The third-order valence-corrected chi connectivity index (χ3v) is 3.05. The summed E-state index contributed by atoms with van der Waals surface area (Å²) in [6, 6.07) is 7.35. The fourth-order valence-corrected chi connectivity index (χ4v) is 1.51. The maximum absolute atomic E-state index is 11.8. The molecule has 1 aliphatic rings. The van der Waals surface area contributed by atoms with Gasteiger partial charge < -0.3 is 15.8 Å². The van der Waals surface area contributed by atoms with Crippen molar-refractivity contribution in [2.45, 2.75) is 19.8 Å². The molecule has 4 nitrogen and oxygen atoms in total. The normalized spacial score (nSPS) is 16.4. The van der Waals surface area contributed by atoms with Crippen molar-refractivity contribution < 1.29 is 9.53 Å². The van der Waals surface area contributed by atoms with Gasteiger partial charge in [0.2, 0.25) is 5.91 Å². The Morgan fingerprint density at radius 2 is 2.06 bits per heavy atom. The molecule has 17 heavy (non-hydrogen) atoms. The molecule has 0 atom stereocenters. The Kier molecular flexibility index (Phi) is 3.33. The van der Waals surface area contributed by atoms with E-state index in [0.717, 1.165) is 24.3 Å². The summed E-state index contributed by atoms with van der Waals surface area (Å²) in [6.45, 7) is 2.99. The molecule has 2 rings (SSSR count). The SMILES string of the molecule is CC1(C(=O)Nc2ccc(OCCN)cc2)CC1. The summed E-state index contributed by atoms with van der Waals surface area (Å²) in [7, 11) is 0. The van der Waals surface area contributed by atoms with Gasteiger partial charge in [-0.1, -0.05) is 6.92 Å². The topological polar surface area (TPSA) is 64.3 Å². The monoisotopic (exact) mass is 234 g/mol. The predicted molar refractivity (Wildman–Crippen MR) is 67.0 cm³/mol. The Morgan fingerprint density at radius 3 is 2.59 bits per heavy atom. The Hall–Kier alpha value is -1.55. The van der Waals surface area contributed by atoms with Crippen molar-refractivity contribution >= 4 is 11.6 Å². The number of carbonyl (C=O) groups excluding carboxylic acids is 1. The van der Waals surface area contributed by atoms with Crippen LogP contribution in [0.15, 0.2) is 24.3 Å². The second-order valence-corrected chi connectivity index (χ2v) is 4.68. The van der Waals surface area contributed by atoms with Crippen LogP contribution in [0.4, 0.5) is 5.69 Å². The van der Waals surface area contributed by atoms with Gasteiger partial charge in [0.25, 0.3) is 0 Å². The molecule has 0 aromatic heterocycles. The number of amides is 1. The van der Waals surface area contributed by atoms with Crippen LogP contribution < -0.4 is 15.8 Å². The van der Waals surface area contributed by atoms with Crippen molar-refractivity contribution in [3.8, 4) is 5.75 Å². The Labute approximate surface area is 101 Å². The largest absolute Gasteiger partial charge is 0.492 e. The first-order chi connectivity index (χ1) is 8.14. The van der Waals surface area contributed by atoms with Crippen LogP contribution in [0.1, 0.15) is 19.8 Å². The average molecular weight is 234 g/mol. The van der Waals surface area contributed by atoms with E-state index in [1.165, 1.54) is 0 Å². The fourth-order valence-electron chi connectivity index (χ4n) is 1.51. The lowest BCUT2D eigenvalue weighted by Gasteiger charge is -2.10. The molecule has 1 fully saturated rings. The zero-order valence-electron chi connectivity index (χ0n) is 10.0. The molecule has 0 spiro atoms. The Bertz CT molecular complexity index is 396. The number of nitrogens with one attached hydrogen (secondary N) is 1. The fraction of sp³-hybridized carbons (Fsp3) is 0.462. The molecule has 92 valence electrons. The summed E-state index contributed by atoms with van der Waals surface area (Å²) in [5, 5.41) is 2.91. The molecule has 1 aromatic rings. The van der Waals surface area contributed by atoms with E-state index in [4.69, 9.17) is 10.5 Å². The smallest absolute Gasteiger partial charge is 0.230 e. The maximum atomic E-state index is 11.8. The average Bonchev–Trinajstić information content (AvgIpc) is 3.08.